The van der Waals surface area contributed by atoms with Crippen LogP contribution in [0.1, 0.15) is 20.8 Å². The molecule has 0 radical (unpaired) electrons. The van der Waals surface area contributed by atoms with Crippen LogP contribution in [0.5, 0.6) is 0 Å². The predicted octanol–water partition coefficient (Wildman–Crippen LogP) is -0.0625. The quantitative estimate of drug-likeness (QED) is 0.686. The minimum atomic E-state index is -0.550. The van der Waals surface area contributed by atoms with E-state index in [2.05, 4.69) is 10.1 Å². The van der Waals surface area contributed by atoms with E-state index in [-0.39, 0.29) is 11.9 Å². The smallest absolute Gasteiger partial charge is 0.330 e. The van der Waals surface area contributed by atoms with Gasteiger partial charge in [0.1, 0.15) is 6.04 Å². The summed E-state index contributed by atoms with van der Waals surface area (Å²) in [5.41, 5.74) is -0.550. The second-order valence-electron chi connectivity index (χ2n) is 5.05. The Morgan fingerprint density at radius 1 is 1.35 bits per heavy atom. The van der Waals surface area contributed by atoms with Crippen molar-refractivity contribution in [1.29, 1.82) is 0 Å². The first-order valence-electron chi connectivity index (χ1n) is 5.63. The van der Waals surface area contributed by atoms with Gasteiger partial charge in [-0.15, -0.1) is 5.06 Å². The van der Waals surface area contributed by atoms with E-state index in [4.69, 9.17) is 4.84 Å². The number of nitrogens with one attached hydrogen (secondary N) is 1. The van der Waals surface area contributed by atoms with E-state index in [1.54, 1.807) is 20.8 Å². The van der Waals surface area contributed by atoms with Crippen molar-refractivity contribution in [2.45, 2.75) is 26.8 Å². The van der Waals surface area contributed by atoms with Crippen molar-refractivity contribution in [3.8, 4) is 0 Å². The first kappa shape index (κ1) is 13.9. The summed E-state index contributed by atoms with van der Waals surface area (Å²) in [5.74, 6) is -0.649. The van der Waals surface area contributed by atoms with Crippen molar-refractivity contribution in [3.05, 3.63) is 0 Å². The highest BCUT2D eigenvalue weighted by Crippen LogP contribution is 2.16. The summed E-state index contributed by atoms with van der Waals surface area (Å²) in [7, 11) is 1.34. The van der Waals surface area contributed by atoms with Gasteiger partial charge in [-0.05, 0) is 20.8 Å². The summed E-state index contributed by atoms with van der Waals surface area (Å²) in [4.78, 5) is 28.2. The summed E-state index contributed by atoms with van der Waals surface area (Å²) in [6.45, 7) is 6.82. The standard InChI is InChI=1S/C11H20N2O4/c1-11(2,3)10(15)17-13-6-5-12-8(7-13)9(14)16-4/h8,12H,5-7H2,1-4H3. The van der Waals surface area contributed by atoms with Crippen LogP contribution in [-0.2, 0) is 19.2 Å². The van der Waals surface area contributed by atoms with E-state index >= 15 is 0 Å². The van der Waals surface area contributed by atoms with Gasteiger partial charge in [0.2, 0.25) is 0 Å². The van der Waals surface area contributed by atoms with Crippen LogP contribution < -0.4 is 5.32 Å². The molecule has 6 nitrogen and oxygen atoms in total. The lowest BCUT2D eigenvalue weighted by Gasteiger charge is -2.32. The summed E-state index contributed by atoms with van der Waals surface area (Å²) < 4.78 is 4.64. The van der Waals surface area contributed by atoms with Gasteiger partial charge in [0.05, 0.1) is 19.1 Å². The van der Waals surface area contributed by atoms with E-state index in [9.17, 15) is 9.59 Å². The first-order chi connectivity index (χ1) is 7.84. The Morgan fingerprint density at radius 3 is 2.53 bits per heavy atom. The Kier molecular flexibility index (Phi) is 4.47. The fraction of sp³-hybridized carbons (Fsp3) is 0.818. The summed E-state index contributed by atoms with van der Waals surface area (Å²) in [6.07, 6.45) is 0. The molecule has 1 fully saturated rings. The van der Waals surface area contributed by atoms with Crippen LogP contribution in [0.2, 0.25) is 0 Å². The molecule has 1 rings (SSSR count). The van der Waals surface area contributed by atoms with E-state index in [0.717, 1.165) is 0 Å². The molecule has 0 saturated carbocycles. The highest BCUT2D eigenvalue weighted by Gasteiger charge is 2.31. The number of ether oxygens (including phenoxy) is 1. The average Bonchev–Trinajstić information content (AvgIpc) is 2.27. The molecule has 0 amide bonds. The number of rotatable bonds is 2. The van der Waals surface area contributed by atoms with E-state index in [1.165, 1.54) is 12.2 Å². The third-order valence-corrected chi connectivity index (χ3v) is 2.45. The molecule has 98 valence electrons. The SMILES string of the molecule is COC(=O)C1CN(OC(=O)C(C)(C)C)CCN1. The molecule has 1 saturated heterocycles. The number of piperazine rings is 1. The highest BCUT2D eigenvalue weighted by atomic mass is 16.7. The zero-order valence-electron chi connectivity index (χ0n) is 10.8. The fourth-order valence-corrected chi connectivity index (χ4v) is 1.36. The van der Waals surface area contributed by atoms with Gasteiger partial charge in [-0.25, -0.2) is 4.79 Å². The Hall–Kier alpha value is -1.14. The van der Waals surface area contributed by atoms with Gasteiger partial charge in [0.15, 0.2) is 0 Å². The number of carbonyl (C=O) groups is 2. The Labute approximate surface area is 101 Å². The number of hydrogen-bond acceptors (Lipinski definition) is 6. The van der Waals surface area contributed by atoms with Gasteiger partial charge in [0, 0.05) is 13.1 Å². The third kappa shape index (κ3) is 3.98. The van der Waals surface area contributed by atoms with Gasteiger partial charge >= 0.3 is 11.9 Å². The van der Waals surface area contributed by atoms with Crippen molar-refractivity contribution < 1.29 is 19.2 Å². The molecular formula is C11H20N2O4. The molecule has 1 aliphatic heterocycles. The van der Waals surface area contributed by atoms with Crippen LogP contribution in [0, 0.1) is 5.41 Å². The van der Waals surface area contributed by atoms with Crippen LogP contribution in [0.15, 0.2) is 0 Å². The van der Waals surface area contributed by atoms with Crippen molar-refractivity contribution in [2.24, 2.45) is 5.41 Å². The zero-order valence-corrected chi connectivity index (χ0v) is 10.8. The lowest BCUT2D eigenvalue weighted by atomic mass is 9.98. The van der Waals surface area contributed by atoms with E-state index in [1.807, 2.05) is 0 Å². The molecule has 0 aliphatic carbocycles. The predicted molar refractivity (Wildman–Crippen MR) is 60.9 cm³/mol. The van der Waals surface area contributed by atoms with Crippen molar-refractivity contribution in [1.82, 2.24) is 10.4 Å². The zero-order chi connectivity index (χ0) is 13.1. The highest BCUT2D eigenvalue weighted by molar-refractivity contribution is 5.76. The molecule has 1 atom stereocenters. The van der Waals surface area contributed by atoms with Crippen LogP contribution in [0.25, 0.3) is 0 Å². The van der Waals surface area contributed by atoms with Crippen LogP contribution >= 0.6 is 0 Å². The normalized spacial score (nSPS) is 22.0. The van der Waals surface area contributed by atoms with Crippen molar-refractivity contribution in [3.63, 3.8) is 0 Å². The molecule has 17 heavy (non-hydrogen) atoms. The minimum Gasteiger partial charge on any atom is -0.468 e. The summed E-state index contributed by atoms with van der Waals surface area (Å²) in [5, 5.41) is 4.51. The molecule has 1 heterocycles. The monoisotopic (exact) mass is 244 g/mol. The van der Waals surface area contributed by atoms with Gasteiger partial charge in [-0.1, -0.05) is 0 Å². The number of methoxy groups -OCH3 is 1. The first-order valence-corrected chi connectivity index (χ1v) is 5.63. The van der Waals surface area contributed by atoms with E-state index < -0.39 is 11.5 Å². The van der Waals surface area contributed by atoms with Gasteiger partial charge in [-0.3, -0.25) is 4.79 Å². The lowest BCUT2D eigenvalue weighted by molar-refractivity contribution is -0.206. The van der Waals surface area contributed by atoms with Gasteiger partial charge in [-0.2, -0.15) is 0 Å². The molecule has 0 aromatic carbocycles. The van der Waals surface area contributed by atoms with Crippen LogP contribution in [0.4, 0.5) is 0 Å². The number of carbonyl (C=O) groups excluding carboxylic acids is 2. The summed E-state index contributed by atoms with van der Waals surface area (Å²) in [6, 6.07) is -0.443. The maximum atomic E-state index is 11.7. The Bertz CT molecular complexity index is 298. The molecule has 6 heteroatoms. The van der Waals surface area contributed by atoms with Crippen LogP contribution in [-0.4, -0.2) is 49.8 Å². The van der Waals surface area contributed by atoms with Crippen molar-refractivity contribution in [2.75, 3.05) is 26.7 Å². The maximum Gasteiger partial charge on any atom is 0.330 e. The van der Waals surface area contributed by atoms with Gasteiger partial charge in [0.25, 0.3) is 0 Å². The minimum absolute atomic E-state index is 0.303. The molecule has 1 unspecified atom stereocenters. The largest absolute Gasteiger partial charge is 0.468 e. The number of nitrogens with zero attached hydrogens (tertiary/aromatic N) is 1. The van der Waals surface area contributed by atoms with Crippen LogP contribution in [0.3, 0.4) is 0 Å². The fourth-order valence-electron chi connectivity index (χ4n) is 1.36. The lowest BCUT2D eigenvalue weighted by Crippen LogP contribution is -2.55. The van der Waals surface area contributed by atoms with E-state index in [0.29, 0.717) is 19.6 Å². The molecular weight excluding hydrogens is 224 g/mol. The second kappa shape index (κ2) is 5.46. The van der Waals surface area contributed by atoms with Gasteiger partial charge < -0.3 is 14.9 Å². The molecule has 0 bridgehead atoms. The van der Waals surface area contributed by atoms with Crippen molar-refractivity contribution >= 4 is 11.9 Å². The molecule has 0 aromatic heterocycles. The molecule has 1 N–H and O–H groups in total. The average molecular weight is 244 g/mol. The topological polar surface area (TPSA) is 67.9 Å². The molecule has 1 aliphatic rings. The Morgan fingerprint density at radius 2 is 2.00 bits per heavy atom. The summed E-state index contributed by atoms with van der Waals surface area (Å²) >= 11 is 0. The number of hydroxylamine groups is 2. The Balaban J connectivity index is 2.50. The molecule has 0 aromatic rings. The third-order valence-electron chi connectivity index (χ3n) is 2.45. The maximum absolute atomic E-state index is 11.7. The number of hydrogen-bond donors (Lipinski definition) is 1. The second-order valence-corrected chi connectivity index (χ2v) is 5.05. The number of esters is 1. The molecule has 0 spiro atoms.